The van der Waals surface area contributed by atoms with Gasteiger partial charge in [-0.3, -0.25) is 19.7 Å². The second-order valence-electron chi connectivity index (χ2n) is 8.37. The van der Waals surface area contributed by atoms with Crippen molar-refractivity contribution in [2.75, 3.05) is 6.54 Å². The summed E-state index contributed by atoms with van der Waals surface area (Å²) >= 11 is 0. The Labute approximate surface area is 192 Å². The van der Waals surface area contributed by atoms with Crippen LogP contribution in [0.15, 0.2) is 48.5 Å². The average molecular weight is 479 g/mol. The van der Waals surface area contributed by atoms with E-state index < -0.39 is 54.5 Å². The van der Waals surface area contributed by atoms with Crippen LogP contribution in [0.2, 0.25) is 0 Å². The maximum absolute atomic E-state index is 13.5. The summed E-state index contributed by atoms with van der Waals surface area (Å²) in [5, 5.41) is 10.8. The minimum absolute atomic E-state index is 0.0797. The molecule has 0 unspecified atom stereocenters. The summed E-state index contributed by atoms with van der Waals surface area (Å²) in [5.74, 6) is -2.61. The normalized spacial score (nSPS) is 20.8. The van der Waals surface area contributed by atoms with Crippen LogP contribution in [0.25, 0.3) is 0 Å². The maximum atomic E-state index is 13.5. The van der Waals surface area contributed by atoms with Gasteiger partial charge in [0.15, 0.2) is 5.54 Å². The predicted molar refractivity (Wildman–Crippen MR) is 110 cm³/mol. The molecular weight excluding hydrogens is 458 g/mol. The SMILES string of the molecule is C[C@H](N(Cc1ccc(F)cc1)C(=O)CN1C(=O)N(O)[C@@]2(CCc3ccccc32)C1=O)C(F)(F)F. The van der Waals surface area contributed by atoms with Crippen LogP contribution < -0.4 is 0 Å². The molecule has 2 aromatic carbocycles. The Kier molecular flexibility index (Phi) is 5.84. The zero-order valence-electron chi connectivity index (χ0n) is 18.1. The summed E-state index contributed by atoms with van der Waals surface area (Å²) in [7, 11) is 0. The number of carbonyl (C=O) groups is 3. The molecule has 7 nitrogen and oxygen atoms in total. The molecule has 0 bridgehead atoms. The highest BCUT2D eigenvalue weighted by atomic mass is 19.4. The molecule has 0 radical (unpaired) electrons. The van der Waals surface area contributed by atoms with Gasteiger partial charge in [-0.1, -0.05) is 36.4 Å². The third kappa shape index (κ3) is 3.79. The Bertz CT molecular complexity index is 1140. The molecule has 4 amide bonds. The van der Waals surface area contributed by atoms with E-state index in [1.807, 2.05) is 0 Å². The van der Waals surface area contributed by atoms with Crippen molar-refractivity contribution in [2.24, 2.45) is 0 Å². The first kappa shape index (κ1) is 23.7. The van der Waals surface area contributed by atoms with E-state index in [9.17, 15) is 37.2 Å². The molecule has 1 heterocycles. The summed E-state index contributed by atoms with van der Waals surface area (Å²) < 4.78 is 53.7. The highest BCUT2D eigenvalue weighted by molar-refractivity contribution is 6.09. The molecule has 1 spiro atoms. The van der Waals surface area contributed by atoms with E-state index in [2.05, 4.69) is 0 Å². The highest BCUT2D eigenvalue weighted by Crippen LogP contribution is 2.46. The van der Waals surface area contributed by atoms with Gasteiger partial charge in [0, 0.05) is 6.54 Å². The summed E-state index contributed by atoms with van der Waals surface area (Å²) in [4.78, 5) is 40.0. The van der Waals surface area contributed by atoms with E-state index in [4.69, 9.17) is 0 Å². The Morgan fingerprint density at radius 3 is 2.44 bits per heavy atom. The number of imide groups is 1. The maximum Gasteiger partial charge on any atom is 0.408 e. The number of hydrogen-bond donors (Lipinski definition) is 1. The van der Waals surface area contributed by atoms with Gasteiger partial charge in [-0.2, -0.15) is 18.2 Å². The Balaban J connectivity index is 1.62. The Morgan fingerprint density at radius 1 is 1.15 bits per heavy atom. The van der Waals surface area contributed by atoms with Crippen molar-refractivity contribution < 1.29 is 37.2 Å². The van der Waals surface area contributed by atoms with Crippen LogP contribution in [-0.4, -0.2) is 56.7 Å². The number of amides is 4. The van der Waals surface area contributed by atoms with Crippen LogP contribution in [-0.2, 0) is 28.1 Å². The lowest BCUT2D eigenvalue weighted by molar-refractivity contribution is -0.187. The molecule has 1 aliphatic heterocycles. The second kappa shape index (κ2) is 8.39. The molecule has 11 heteroatoms. The van der Waals surface area contributed by atoms with Crippen molar-refractivity contribution in [2.45, 2.75) is 44.1 Å². The first-order valence-electron chi connectivity index (χ1n) is 10.5. The fraction of sp³-hybridized carbons (Fsp3) is 0.348. The number of urea groups is 1. The topological polar surface area (TPSA) is 81.2 Å². The van der Waals surface area contributed by atoms with Gasteiger partial charge in [-0.25, -0.2) is 9.18 Å². The van der Waals surface area contributed by atoms with Crippen LogP contribution in [0, 0.1) is 5.82 Å². The van der Waals surface area contributed by atoms with E-state index >= 15 is 0 Å². The fourth-order valence-corrected chi connectivity index (χ4v) is 4.48. The highest BCUT2D eigenvalue weighted by Gasteiger charge is 2.61. The van der Waals surface area contributed by atoms with Gasteiger partial charge >= 0.3 is 12.2 Å². The average Bonchev–Trinajstić information content (AvgIpc) is 3.27. The van der Waals surface area contributed by atoms with Crippen LogP contribution in [0.5, 0.6) is 0 Å². The molecule has 2 aliphatic rings. The number of hydroxylamine groups is 2. The molecule has 2 aromatic rings. The minimum atomic E-state index is -4.79. The van der Waals surface area contributed by atoms with Crippen molar-refractivity contribution in [1.29, 1.82) is 0 Å². The van der Waals surface area contributed by atoms with Gasteiger partial charge in [-0.05, 0) is 48.6 Å². The number of alkyl halides is 3. The number of carbonyl (C=O) groups excluding carboxylic acids is 3. The molecule has 1 aliphatic carbocycles. The molecule has 4 rings (SSSR count). The van der Waals surface area contributed by atoms with Crippen LogP contribution >= 0.6 is 0 Å². The molecule has 1 fully saturated rings. The molecule has 1 N–H and O–H groups in total. The summed E-state index contributed by atoms with van der Waals surface area (Å²) in [6.07, 6.45) is -4.31. The van der Waals surface area contributed by atoms with Crippen molar-refractivity contribution in [1.82, 2.24) is 14.9 Å². The van der Waals surface area contributed by atoms with Crippen LogP contribution in [0.4, 0.5) is 22.4 Å². The monoisotopic (exact) mass is 479 g/mol. The summed E-state index contributed by atoms with van der Waals surface area (Å²) in [6, 6.07) is 7.88. The van der Waals surface area contributed by atoms with E-state index in [-0.39, 0.29) is 17.0 Å². The van der Waals surface area contributed by atoms with Gasteiger partial charge in [-0.15, -0.1) is 0 Å². The molecule has 1 saturated heterocycles. The summed E-state index contributed by atoms with van der Waals surface area (Å²) in [5.41, 5.74) is -0.321. The van der Waals surface area contributed by atoms with E-state index in [0.717, 1.165) is 24.6 Å². The van der Waals surface area contributed by atoms with Crippen LogP contribution in [0.1, 0.15) is 30.0 Å². The number of fused-ring (bicyclic) bond motifs is 2. The molecular formula is C23H21F4N3O4. The minimum Gasteiger partial charge on any atom is -0.325 e. The van der Waals surface area contributed by atoms with Crippen LogP contribution in [0.3, 0.4) is 0 Å². The smallest absolute Gasteiger partial charge is 0.325 e. The summed E-state index contributed by atoms with van der Waals surface area (Å²) in [6.45, 7) is -0.727. The number of hydrogen-bond acceptors (Lipinski definition) is 4. The van der Waals surface area contributed by atoms with Crippen molar-refractivity contribution in [3.8, 4) is 0 Å². The van der Waals surface area contributed by atoms with Gasteiger partial charge < -0.3 is 4.90 Å². The largest absolute Gasteiger partial charge is 0.408 e. The van der Waals surface area contributed by atoms with E-state index in [1.165, 1.54) is 12.1 Å². The van der Waals surface area contributed by atoms with Gasteiger partial charge in [0.1, 0.15) is 18.4 Å². The first-order chi connectivity index (χ1) is 16.0. The second-order valence-corrected chi connectivity index (χ2v) is 8.37. The predicted octanol–water partition coefficient (Wildman–Crippen LogP) is 3.60. The lowest BCUT2D eigenvalue weighted by atomic mass is 9.91. The lowest BCUT2D eigenvalue weighted by Gasteiger charge is -2.32. The van der Waals surface area contributed by atoms with Crippen molar-refractivity contribution >= 4 is 17.8 Å². The molecule has 0 saturated carbocycles. The fourth-order valence-electron chi connectivity index (χ4n) is 4.48. The number of aryl methyl sites for hydroxylation is 1. The van der Waals surface area contributed by atoms with Gasteiger partial charge in [0.25, 0.3) is 5.91 Å². The molecule has 0 aromatic heterocycles. The Hall–Kier alpha value is -3.47. The quantitative estimate of drug-likeness (QED) is 0.404. The number of halogens is 4. The van der Waals surface area contributed by atoms with Crippen molar-refractivity contribution in [3.63, 3.8) is 0 Å². The third-order valence-electron chi connectivity index (χ3n) is 6.41. The Morgan fingerprint density at radius 2 is 1.79 bits per heavy atom. The standard InChI is InChI=1S/C23H21F4N3O4/c1-14(23(25,26)27)28(12-15-6-8-17(24)9-7-15)19(31)13-29-20(32)22(30(34)21(29)33)11-10-16-4-2-3-5-18(16)22/h2-9,14,34H,10-13H2,1H3/t14-,22+/m0/s1. The number of nitrogens with zero attached hydrogens (tertiary/aromatic N) is 3. The molecule has 34 heavy (non-hydrogen) atoms. The molecule has 2 atom stereocenters. The first-order valence-corrected chi connectivity index (χ1v) is 10.5. The van der Waals surface area contributed by atoms with Crippen molar-refractivity contribution in [3.05, 3.63) is 71.0 Å². The zero-order valence-corrected chi connectivity index (χ0v) is 18.1. The van der Waals surface area contributed by atoms with E-state index in [1.54, 1.807) is 24.3 Å². The van der Waals surface area contributed by atoms with Gasteiger partial charge in [0.05, 0.1) is 0 Å². The lowest BCUT2D eigenvalue weighted by Crippen LogP contribution is -2.51. The van der Waals surface area contributed by atoms with Gasteiger partial charge in [0.2, 0.25) is 5.91 Å². The third-order valence-corrected chi connectivity index (χ3v) is 6.41. The zero-order chi connectivity index (χ0) is 24.8. The van der Waals surface area contributed by atoms with E-state index in [0.29, 0.717) is 21.8 Å². The number of benzene rings is 2. The number of rotatable bonds is 5. The molecule has 180 valence electrons.